The molecular weight excluding hydrogens is 311 g/mol. The molecule has 2 aliphatic rings. The Bertz CT molecular complexity index is 639. The highest BCUT2D eigenvalue weighted by Crippen LogP contribution is 2.33. The molecule has 3 rings (SSSR count). The Morgan fingerprint density at radius 1 is 1.33 bits per heavy atom. The number of nitrogens with zero attached hydrogens (tertiary/aromatic N) is 1. The summed E-state index contributed by atoms with van der Waals surface area (Å²) in [4.78, 5) is 25.2. The second-order valence-corrected chi connectivity index (χ2v) is 7.05. The molecule has 2 aliphatic carbocycles. The zero-order valence-corrected chi connectivity index (χ0v) is 13.8. The average Bonchev–Trinajstić information content (AvgIpc) is 3.24. The Balaban J connectivity index is 1.51. The largest absolute Gasteiger partial charge is 0.480 e. The van der Waals surface area contributed by atoms with Gasteiger partial charge in [-0.3, -0.25) is 14.5 Å². The number of carboxylic acid groups (broad SMARTS) is 1. The quantitative estimate of drug-likeness (QED) is 0.802. The molecule has 0 bridgehead atoms. The van der Waals surface area contributed by atoms with Crippen molar-refractivity contribution in [2.75, 3.05) is 13.1 Å². The van der Waals surface area contributed by atoms with Gasteiger partial charge >= 0.3 is 5.97 Å². The molecule has 2 fully saturated rings. The summed E-state index contributed by atoms with van der Waals surface area (Å²) in [7, 11) is 0. The monoisotopic (exact) mass is 334 g/mol. The summed E-state index contributed by atoms with van der Waals surface area (Å²) in [6.07, 6.45) is 3.80. The third-order valence-electron chi connectivity index (χ3n) is 4.86. The lowest BCUT2D eigenvalue weighted by Crippen LogP contribution is -2.55. The van der Waals surface area contributed by atoms with Crippen LogP contribution in [-0.2, 0) is 4.79 Å². The van der Waals surface area contributed by atoms with E-state index in [-0.39, 0.29) is 24.2 Å². The second-order valence-electron chi connectivity index (χ2n) is 7.05. The Morgan fingerprint density at radius 2 is 2.04 bits per heavy atom. The fourth-order valence-electron chi connectivity index (χ4n) is 3.22. The molecule has 2 N–H and O–H groups in total. The van der Waals surface area contributed by atoms with Crippen molar-refractivity contribution < 1.29 is 19.1 Å². The number of carbonyl (C=O) groups is 2. The molecule has 0 unspecified atom stereocenters. The highest BCUT2D eigenvalue weighted by molar-refractivity contribution is 5.94. The van der Waals surface area contributed by atoms with Gasteiger partial charge in [0.1, 0.15) is 5.82 Å². The van der Waals surface area contributed by atoms with Crippen molar-refractivity contribution in [2.45, 2.75) is 44.7 Å². The fraction of sp³-hybridized carbons (Fsp3) is 0.556. The Morgan fingerprint density at radius 3 is 2.62 bits per heavy atom. The van der Waals surface area contributed by atoms with Crippen molar-refractivity contribution in [2.24, 2.45) is 5.92 Å². The number of benzene rings is 1. The van der Waals surface area contributed by atoms with Gasteiger partial charge in [-0.15, -0.1) is 0 Å². The summed E-state index contributed by atoms with van der Waals surface area (Å²) < 4.78 is 13.8. The number of aryl methyl sites for hydroxylation is 1. The minimum absolute atomic E-state index is 0.0151. The predicted molar refractivity (Wildman–Crippen MR) is 87.3 cm³/mol. The van der Waals surface area contributed by atoms with Crippen molar-refractivity contribution in [1.29, 1.82) is 0 Å². The molecule has 0 aliphatic heterocycles. The van der Waals surface area contributed by atoms with E-state index >= 15 is 0 Å². The van der Waals surface area contributed by atoms with E-state index in [1.807, 2.05) is 4.90 Å². The molecule has 24 heavy (non-hydrogen) atoms. The molecule has 0 aromatic heterocycles. The normalized spacial score (nSPS) is 23.0. The molecular formula is C18H23FN2O3. The Hall–Kier alpha value is -1.95. The van der Waals surface area contributed by atoms with Crippen molar-refractivity contribution in [3.63, 3.8) is 0 Å². The van der Waals surface area contributed by atoms with Crippen LogP contribution in [0.2, 0.25) is 0 Å². The van der Waals surface area contributed by atoms with Gasteiger partial charge in [-0.25, -0.2) is 4.39 Å². The van der Waals surface area contributed by atoms with Gasteiger partial charge in [-0.2, -0.15) is 0 Å². The van der Waals surface area contributed by atoms with Crippen LogP contribution in [0.25, 0.3) is 0 Å². The van der Waals surface area contributed by atoms with Crippen LogP contribution in [0.1, 0.15) is 41.6 Å². The van der Waals surface area contributed by atoms with Gasteiger partial charge in [0.2, 0.25) is 0 Å². The Kier molecular flexibility index (Phi) is 4.85. The molecule has 0 saturated heterocycles. The summed E-state index contributed by atoms with van der Waals surface area (Å²) in [5, 5.41) is 11.9. The van der Waals surface area contributed by atoms with Gasteiger partial charge < -0.3 is 10.4 Å². The maximum atomic E-state index is 13.8. The number of carbonyl (C=O) groups excluding carboxylic acids is 1. The van der Waals surface area contributed by atoms with Crippen molar-refractivity contribution in [1.82, 2.24) is 10.2 Å². The van der Waals surface area contributed by atoms with E-state index in [1.165, 1.54) is 25.0 Å². The van der Waals surface area contributed by atoms with Crippen LogP contribution in [-0.4, -0.2) is 47.1 Å². The van der Waals surface area contributed by atoms with E-state index < -0.39 is 17.7 Å². The molecule has 130 valence electrons. The number of hydrogen-bond donors (Lipinski definition) is 2. The van der Waals surface area contributed by atoms with E-state index in [1.54, 1.807) is 13.0 Å². The molecule has 5 nitrogen and oxygen atoms in total. The topological polar surface area (TPSA) is 69.6 Å². The van der Waals surface area contributed by atoms with Crippen molar-refractivity contribution in [3.8, 4) is 0 Å². The number of nitrogens with one attached hydrogen (secondary N) is 1. The summed E-state index contributed by atoms with van der Waals surface area (Å²) in [5.74, 6) is -1.10. The number of aliphatic carboxylic acids is 1. The number of hydrogen-bond acceptors (Lipinski definition) is 3. The lowest BCUT2D eigenvalue weighted by atomic mass is 9.85. The first kappa shape index (κ1) is 16.9. The van der Waals surface area contributed by atoms with E-state index in [4.69, 9.17) is 5.11 Å². The van der Waals surface area contributed by atoms with E-state index in [0.29, 0.717) is 5.92 Å². The zero-order chi connectivity index (χ0) is 17.3. The second kappa shape index (κ2) is 6.89. The van der Waals surface area contributed by atoms with Gasteiger partial charge in [-0.1, -0.05) is 6.07 Å². The number of halogens is 1. The SMILES string of the molecule is Cc1ccc(C(=O)NC2CC(N(CC(=O)O)CC3CC3)C2)c(F)c1. The van der Waals surface area contributed by atoms with E-state index in [2.05, 4.69) is 5.32 Å². The lowest BCUT2D eigenvalue weighted by Gasteiger charge is -2.42. The maximum Gasteiger partial charge on any atom is 0.317 e. The van der Waals surface area contributed by atoms with Gasteiger partial charge in [0, 0.05) is 18.6 Å². The molecule has 1 aromatic rings. The molecule has 2 saturated carbocycles. The minimum atomic E-state index is -0.815. The molecule has 0 heterocycles. The zero-order valence-electron chi connectivity index (χ0n) is 13.8. The first-order valence-corrected chi connectivity index (χ1v) is 8.45. The van der Waals surface area contributed by atoms with Crippen LogP contribution in [0.4, 0.5) is 4.39 Å². The number of carboxylic acids is 1. The Labute approximate surface area is 140 Å². The number of rotatable bonds is 7. The molecule has 1 amide bonds. The molecule has 0 radical (unpaired) electrons. The molecule has 0 atom stereocenters. The molecule has 0 spiro atoms. The standard InChI is InChI=1S/C18H23FN2O3/c1-11-2-5-15(16(19)6-11)18(24)20-13-7-14(8-13)21(10-17(22)23)9-12-3-4-12/h2,5-6,12-14H,3-4,7-10H2,1H3,(H,20,24)(H,22,23). The van der Waals surface area contributed by atoms with Gasteiger partial charge in [0.15, 0.2) is 0 Å². The van der Waals surface area contributed by atoms with Crippen LogP contribution in [0.5, 0.6) is 0 Å². The van der Waals surface area contributed by atoms with Gasteiger partial charge in [-0.05, 0) is 56.2 Å². The highest BCUT2D eigenvalue weighted by atomic mass is 19.1. The molecule has 1 aromatic carbocycles. The highest BCUT2D eigenvalue weighted by Gasteiger charge is 2.37. The van der Waals surface area contributed by atoms with E-state index in [0.717, 1.165) is 24.9 Å². The van der Waals surface area contributed by atoms with Crippen molar-refractivity contribution in [3.05, 3.63) is 35.1 Å². The third kappa shape index (κ3) is 4.12. The first-order valence-electron chi connectivity index (χ1n) is 8.45. The number of amides is 1. The summed E-state index contributed by atoms with van der Waals surface area (Å²) in [6, 6.07) is 4.74. The van der Waals surface area contributed by atoms with Crippen molar-refractivity contribution >= 4 is 11.9 Å². The minimum Gasteiger partial charge on any atom is -0.480 e. The summed E-state index contributed by atoms with van der Waals surface area (Å²) in [6.45, 7) is 2.65. The van der Waals surface area contributed by atoms with Crippen LogP contribution in [0.15, 0.2) is 18.2 Å². The lowest BCUT2D eigenvalue weighted by molar-refractivity contribution is -0.139. The average molecular weight is 334 g/mol. The predicted octanol–water partition coefficient (Wildman–Crippen LogP) is 2.19. The van der Waals surface area contributed by atoms with Crippen LogP contribution in [0, 0.1) is 18.7 Å². The van der Waals surface area contributed by atoms with Gasteiger partial charge in [0.05, 0.1) is 12.1 Å². The van der Waals surface area contributed by atoms with Crippen LogP contribution in [0.3, 0.4) is 0 Å². The molecule has 6 heteroatoms. The summed E-state index contributed by atoms with van der Waals surface area (Å²) >= 11 is 0. The van der Waals surface area contributed by atoms with Crippen LogP contribution >= 0.6 is 0 Å². The van der Waals surface area contributed by atoms with Crippen LogP contribution < -0.4 is 5.32 Å². The third-order valence-corrected chi connectivity index (χ3v) is 4.86. The first-order chi connectivity index (χ1) is 11.4. The summed E-state index contributed by atoms with van der Waals surface area (Å²) in [5.41, 5.74) is 0.835. The smallest absolute Gasteiger partial charge is 0.317 e. The van der Waals surface area contributed by atoms with Gasteiger partial charge in [0.25, 0.3) is 5.91 Å². The fourth-order valence-corrected chi connectivity index (χ4v) is 3.22. The van der Waals surface area contributed by atoms with E-state index in [9.17, 15) is 14.0 Å². The maximum absolute atomic E-state index is 13.8.